The summed E-state index contributed by atoms with van der Waals surface area (Å²) in [5, 5.41) is 0. The number of nitrogens with zero attached hydrogens (tertiary/aromatic N) is 2. The lowest BCUT2D eigenvalue weighted by atomic mass is 9.77. The van der Waals surface area contributed by atoms with E-state index in [9.17, 15) is 14.0 Å². The molecule has 0 aliphatic carbocycles. The third kappa shape index (κ3) is 4.85. The number of pyridine rings is 1. The molecule has 0 unspecified atom stereocenters. The molecule has 2 aromatic rings. The van der Waals surface area contributed by atoms with Crippen LogP contribution in [-0.2, 0) is 4.79 Å². The molecule has 2 N–H and O–H groups in total. The quantitative estimate of drug-likeness (QED) is 0.828. The molecule has 28 heavy (non-hydrogen) atoms. The molecular weight excluding hydrogens is 361 g/mol. The molecule has 2 amide bonds. The molecule has 1 aliphatic heterocycles. The van der Waals surface area contributed by atoms with Gasteiger partial charge in [-0.25, -0.2) is 4.39 Å². The fraction of sp³-hybridized carbons (Fsp3) is 0.381. The van der Waals surface area contributed by atoms with Crippen LogP contribution >= 0.6 is 0 Å². The first kappa shape index (κ1) is 19.8. The highest BCUT2D eigenvalue weighted by molar-refractivity contribution is 5.94. The van der Waals surface area contributed by atoms with E-state index in [0.29, 0.717) is 30.8 Å². The summed E-state index contributed by atoms with van der Waals surface area (Å²) < 4.78 is 18.9. The Hall–Kier alpha value is -2.96. The summed E-state index contributed by atoms with van der Waals surface area (Å²) in [6.45, 7) is 3.07. The van der Waals surface area contributed by atoms with Crippen molar-refractivity contribution in [1.82, 2.24) is 9.88 Å². The van der Waals surface area contributed by atoms with E-state index < -0.39 is 11.3 Å². The highest BCUT2D eigenvalue weighted by Crippen LogP contribution is 2.35. The summed E-state index contributed by atoms with van der Waals surface area (Å²) in [4.78, 5) is 30.5. The minimum Gasteiger partial charge on any atom is -0.493 e. The topological polar surface area (TPSA) is 85.5 Å². The van der Waals surface area contributed by atoms with E-state index in [4.69, 9.17) is 10.5 Å². The van der Waals surface area contributed by atoms with Crippen molar-refractivity contribution in [2.75, 3.05) is 19.7 Å². The van der Waals surface area contributed by atoms with Crippen molar-refractivity contribution >= 4 is 11.8 Å². The number of carbonyl (C=O) groups excluding carboxylic acids is 2. The summed E-state index contributed by atoms with van der Waals surface area (Å²) in [6.07, 6.45) is 4.82. The smallest absolute Gasteiger partial charge is 0.255 e. The maximum absolute atomic E-state index is 13.1. The number of amides is 2. The third-order valence-electron chi connectivity index (χ3n) is 4.98. The number of piperidine rings is 1. The minimum absolute atomic E-state index is 0.115. The predicted octanol–water partition coefficient (Wildman–Crippen LogP) is 2.71. The Balaban J connectivity index is 1.76. The predicted molar refractivity (Wildman–Crippen MR) is 102 cm³/mol. The van der Waals surface area contributed by atoms with Crippen LogP contribution < -0.4 is 10.5 Å². The molecule has 1 atom stereocenters. The minimum atomic E-state index is -0.578. The molecule has 1 saturated heterocycles. The van der Waals surface area contributed by atoms with Gasteiger partial charge in [-0.2, -0.15) is 0 Å². The van der Waals surface area contributed by atoms with Crippen LogP contribution in [0.4, 0.5) is 4.39 Å². The van der Waals surface area contributed by atoms with Gasteiger partial charge < -0.3 is 15.4 Å². The lowest BCUT2D eigenvalue weighted by Crippen LogP contribution is -2.50. The second-order valence-corrected chi connectivity index (χ2v) is 7.47. The number of nitrogens with two attached hydrogens (primary N) is 1. The van der Waals surface area contributed by atoms with Crippen molar-refractivity contribution in [3.8, 4) is 5.75 Å². The number of hydrogen-bond acceptors (Lipinski definition) is 4. The molecule has 0 saturated carbocycles. The van der Waals surface area contributed by atoms with Gasteiger partial charge in [-0.1, -0.05) is 0 Å². The number of aromatic nitrogens is 1. The van der Waals surface area contributed by atoms with E-state index >= 15 is 0 Å². The van der Waals surface area contributed by atoms with Crippen LogP contribution in [0.25, 0.3) is 0 Å². The number of halogens is 1. The van der Waals surface area contributed by atoms with E-state index in [2.05, 4.69) is 4.98 Å². The zero-order chi connectivity index (χ0) is 20.1. The van der Waals surface area contributed by atoms with Crippen LogP contribution in [0, 0.1) is 18.2 Å². The molecule has 0 spiro atoms. The molecule has 1 aromatic carbocycles. The van der Waals surface area contributed by atoms with E-state index in [1.54, 1.807) is 23.4 Å². The van der Waals surface area contributed by atoms with Crippen LogP contribution in [0.15, 0.2) is 42.7 Å². The number of rotatable bonds is 6. The molecule has 1 aromatic heterocycles. The first-order valence-electron chi connectivity index (χ1n) is 9.24. The lowest BCUT2D eigenvalue weighted by Gasteiger charge is -2.42. The number of ether oxygens (including phenoxy) is 1. The van der Waals surface area contributed by atoms with Gasteiger partial charge in [0.1, 0.15) is 11.6 Å². The molecule has 148 valence electrons. The second kappa shape index (κ2) is 8.37. The van der Waals surface area contributed by atoms with Crippen molar-refractivity contribution in [3.63, 3.8) is 0 Å². The fourth-order valence-electron chi connectivity index (χ4n) is 3.69. The first-order valence-corrected chi connectivity index (χ1v) is 9.24. The molecule has 1 aliphatic rings. The molecule has 2 heterocycles. The number of carbonyl (C=O) groups is 2. The zero-order valence-electron chi connectivity index (χ0n) is 15.9. The van der Waals surface area contributed by atoms with Gasteiger partial charge in [-0.3, -0.25) is 14.6 Å². The van der Waals surface area contributed by atoms with Gasteiger partial charge in [0.25, 0.3) is 5.91 Å². The molecule has 1 fully saturated rings. The van der Waals surface area contributed by atoms with Crippen molar-refractivity contribution in [1.29, 1.82) is 0 Å². The van der Waals surface area contributed by atoms with Crippen LogP contribution in [0.1, 0.15) is 35.2 Å². The van der Waals surface area contributed by atoms with Gasteiger partial charge in [0.2, 0.25) is 5.91 Å². The number of likely N-dealkylation sites (tertiary alicyclic amines) is 1. The van der Waals surface area contributed by atoms with Gasteiger partial charge in [-0.05, 0) is 55.7 Å². The van der Waals surface area contributed by atoms with Gasteiger partial charge in [0.05, 0.1) is 12.2 Å². The average Bonchev–Trinajstić information content (AvgIpc) is 2.67. The maximum atomic E-state index is 13.1. The van der Waals surface area contributed by atoms with Crippen molar-refractivity contribution in [2.24, 2.45) is 11.1 Å². The van der Waals surface area contributed by atoms with E-state index in [1.807, 2.05) is 6.92 Å². The SMILES string of the molecule is Cc1cncc(C(=O)N2CCC[C@](COc3ccc(F)cc3)(CC(N)=O)C2)c1. The Bertz CT molecular complexity index is 856. The summed E-state index contributed by atoms with van der Waals surface area (Å²) in [6, 6.07) is 7.51. The number of benzene rings is 1. The first-order chi connectivity index (χ1) is 13.4. The monoisotopic (exact) mass is 385 g/mol. The average molecular weight is 385 g/mol. The molecule has 7 heteroatoms. The van der Waals surface area contributed by atoms with Gasteiger partial charge >= 0.3 is 0 Å². The molecule has 0 radical (unpaired) electrons. The summed E-state index contributed by atoms with van der Waals surface area (Å²) in [7, 11) is 0. The van der Waals surface area contributed by atoms with Gasteiger partial charge in [0, 0.05) is 37.3 Å². The van der Waals surface area contributed by atoms with Crippen molar-refractivity contribution < 1.29 is 18.7 Å². The second-order valence-electron chi connectivity index (χ2n) is 7.47. The number of primary amides is 1. The molecule has 0 bridgehead atoms. The molecule has 3 rings (SSSR count). The number of hydrogen-bond donors (Lipinski definition) is 1. The Morgan fingerprint density at radius 1 is 1.29 bits per heavy atom. The molecular formula is C21H24FN3O3. The Kier molecular flexibility index (Phi) is 5.92. The Morgan fingerprint density at radius 2 is 2.04 bits per heavy atom. The Labute approximate surface area is 163 Å². The highest BCUT2D eigenvalue weighted by Gasteiger charge is 2.39. The standard InChI is InChI=1S/C21H24FN3O3/c1-15-9-16(12-24-11-15)20(27)25-8-2-7-21(13-25,10-19(23)26)14-28-18-5-3-17(22)4-6-18/h3-6,9,11-12H,2,7-8,10,13-14H2,1H3,(H2,23,26)/t21-/m0/s1. The fourth-order valence-corrected chi connectivity index (χ4v) is 3.69. The van der Waals surface area contributed by atoms with Crippen molar-refractivity contribution in [3.05, 3.63) is 59.7 Å². The van der Waals surface area contributed by atoms with Crippen LogP contribution in [0.3, 0.4) is 0 Å². The van der Waals surface area contributed by atoms with Crippen LogP contribution in [-0.4, -0.2) is 41.4 Å². The third-order valence-corrected chi connectivity index (χ3v) is 4.98. The molecule has 6 nitrogen and oxygen atoms in total. The van der Waals surface area contributed by atoms with Crippen LogP contribution in [0.2, 0.25) is 0 Å². The van der Waals surface area contributed by atoms with Gasteiger partial charge in [0.15, 0.2) is 0 Å². The summed E-state index contributed by atoms with van der Waals surface area (Å²) >= 11 is 0. The van der Waals surface area contributed by atoms with E-state index in [-0.39, 0.29) is 24.8 Å². The summed E-state index contributed by atoms with van der Waals surface area (Å²) in [5.74, 6) is -0.391. The van der Waals surface area contributed by atoms with Gasteiger partial charge in [-0.15, -0.1) is 0 Å². The maximum Gasteiger partial charge on any atom is 0.255 e. The zero-order valence-corrected chi connectivity index (χ0v) is 15.9. The van der Waals surface area contributed by atoms with Crippen LogP contribution in [0.5, 0.6) is 5.75 Å². The van der Waals surface area contributed by atoms with E-state index in [0.717, 1.165) is 12.0 Å². The van der Waals surface area contributed by atoms with E-state index in [1.165, 1.54) is 24.3 Å². The largest absolute Gasteiger partial charge is 0.493 e. The summed E-state index contributed by atoms with van der Waals surface area (Å²) in [5.41, 5.74) is 6.35. The lowest BCUT2D eigenvalue weighted by molar-refractivity contribution is -0.122. The van der Waals surface area contributed by atoms with Crippen molar-refractivity contribution in [2.45, 2.75) is 26.2 Å². The highest BCUT2D eigenvalue weighted by atomic mass is 19.1. The number of aryl methyl sites for hydroxylation is 1. The normalized spacial score (nSPS) is 19.3. The Morgan fingerprint density at radius 3 is 2.71 bits per heavy atom.